The Bertz CT molecular complexity index is 760. The van der Waals surface area contributed by atoms with Crippen LogP contribution in [0.5, 0.6) is 0 Å². The Kier molecular flexibility index (Phi) is 4.59. The number of fused-ring (bicyclic) bond motifs is 5. The zero-order valence-corrected chi connectivity index (χ0v) is 17.5. The van der Waals surface area contributed by atoms with Gasteiger partial charge < -0.3 is 9.84 Å². The average molecular weight is 388 g/mol. The third-order valence-electron chi connectivity index (χ3n) is 9.54. The monoisotopic (exact) mass is 387 g/mol. The molecule has 0 aromatic carbocycles. The molecule has 0 aromatic heterocycles. The fourth-order valence-electron chi connectivity index (χ4n) is 7.71. The van der Waals surface area contributed by atoms with Crippen molar-refractivity contribution in [2.45, 2.75) is 77.4 Å². The van der Waals surface area contributed by atoms with Crippen molar-refractivity contribution in [2.24, 2.45) is 39.6 Å². The molecule has 4 rings (SSSR count). The summed E-state index contributed by atoms with van der Waals surface area (Å²) in [5.41, 5.74) is 10.1. The fourth-order valence-corrected chi connectivity index (χ4v) is 7.71. The highest BCUT2D eigenvalue weighted by atomic mass is 16.5. The minimum Gasteiger partial charge on any atom is -0.468 e. The highest BCUT2D eigenvalue weighted by Gasteiger charge is 2.66. The van der Waals surface area contributed by atoms with E-state index in [0.29, 0.717) is 24.2 Å². The van der Waals surface area contributed by atoms with E-state index in [9.17, 15) is 15.4 Å². The highest BCUT2D eigenvalue weighted by molar-refractivity contribution is 5.77. The molecular formula is C22H33N3O3. The van der Waals surface area contributed by atoms with E-state index < -0.39 is 12.0 Å². The number of carbonyl (C=O) groups excluding carboxylic acids is 1. The Morgan fingerprint density at radius 2 is 2.00 bits per heavy atom. The van der Waals surface area contributed by atoms with Crippen LogP contribution in [-0.4, -0.2) is 29.8 Å². The lowest BCUT2D eigenvalue weighted by Gasteiger charge is -2.62. The molecule has 3 fully saturated rings. The van der Waals surface area contributed by atoms with E-state index in [-0.39, 0.29) is 22.3 Å². The van der Waals surface area contributed by atoms with Crippen molar-refractivity contribution in [1.82, 2.24) is 0 Å². The van der Waals surface area contributed by atoms with Crippen molar-refractivity contribution in [3.05, 3.63) is 22.1 Å². The Balaban J connectivity index is 1.81. The Morgan fingerprint density at radius 3 is 2.68 bits per heavy atom. The summed E-state index contributed by atoms with van der Waals surface area (Å²) in [5.74, 6) is 0.331. The van der Waals surface area contributed by atoms with Gasteiger partial charge in [-0.05, 0) is 79.1 Å². The van der Waals surface area contributed by atoms with Crippen molar-refractivity contribution in [3.8, 4) is 0 Å². The van der Waals surface area contributed by atoms with Gasteiger partial charge in [-0.25, -0.2) is 0 Å². The summed E-state index contributed by atoms with van der Waals surface area (Å²) in [5, 5.41) is 15.1. The molecule has 154 valence electrons. The normalized spacial score (nSPS) is 49.8. The molecule has 6 nitrogen and oxygen atoms in total. The number of methoxy groups -OCH3 is 1. The highest BCUT2D eigenvalue weighted by Crippen LogP contribution is 2.69. The van der Waals surface area contributed by atoms with Crippen LogP contribution in [0.15, 0.2) is 16.8 Å². The third kappa shape index (κ3) is 2.31. The minimum atomic E-state index is -0.672. The number of ether oxygens (including phenoxy) is 1. The van der Waals surface area contributed by atoms with Crippen LogP contribution in [0.1, 0.15) is 65.7 Å². The Hall–Kier alpha value is -1.52. The molecule has 1 N–H and O–H groups in total. The van der Waals surface area contributed by atoms with Gasteiger partial charge in [-0.1, -0.05) is 37.5 Å². The van der Waals surface area contributed by atoms with Crippen LogP contribution in [-0.2, 0) is 9.53 Å². The molecule has 0 heterocycles. The number of allylic oxidation sites excluding steroid dienone is 1. The summed E-state index contributed by atoms with van der Waals surface area (Å²) in [6, 6.07) is 0. The van der Waals surface area contributed by atoms with Gasteiger partial charge in [0.05, 0.1) is 18.8 Å². The number of aliphatic hydroxyl groups excluding tert-OH is 1. The van der Waals surface area contributed by atoms with Gasteiger partial charge in [0.25, 0.3) is 0 Å². The van der Waals surface area contributed by atoms with E-state index in [1.807, 2.05) is 0 Å². The molecule has 6 heteroatoms. The summed E-state index contributed by atoms with van der Waals surface area (Å²) in [6.07, 6.45) is 8.02. The van der Waals surface area contributed by atoms with Gasteiger partial charge in [0, 0.05) is 4.91 Å². The minimum absolute atomic E-state index is 0.0397. The number of azide groups is 1. The molecule has 28 heavy (non-hydrogen) atoms. The van der Waals surface area contributed by atoms with E-state index in [4.69, 9.17) is 4.74 Å². The molecule has 0 aromatic rings. The van der Waals surface area contributed by atoms with Gasteiger partial charge in [0.2, 0.25) is 0 Å². The number of nitrogens with zero attached hydrogens (tertiary/aromatic N) is 3. The van der Waals surface area contributed by atoms with Crippen LogP contribution in [0.2, 0.25) is 0 Å². The zero-order valence-electron chi connectivity index (χ0n) is 17.5. The maximum atomic E-state index is 12.5. The third-order valence-corrected chi connectivity index (χ3v) is 9.54. The standard InChI is InChI=1S/C22H33N3O3/c1-13-7-12-22(24-25-23)15-5-6-16-18(19(27)28-4)17(26)9-10-20(16,2)14(15)8-11-21(13,22)3/h6,13-15,17-18,26H,5,7-12H2,1-4H3/t13-,14-,15+,17-,18?,20+,21+,22-/m0/s1. The van der Waals surface area contributed by atoms with Gasteiger partial charge in [-0.15, -0.1) is 0 Å². The number of carbonyl (C=O) groups is 1. The zero-order chi connectivity index (χ0) is 20.3. The molecule has 0 amide bonds. The van der Waals surface area contributed by atoms with Gasteiger partial charge in [-0.3, -0.25) is 4.79 Å². The van der Waals surface area contributed by atoms with E-state index in [1.165, 1.54) is 7.11 Å². The largest absolute Gasteiger partial charge is 0.468 e. The van der Waals surface area contributed by atoms with Gasteiger partial charge >= 0.3 is 5.97 Å². The first kappa shape index (κ1) is 19.8. The lowest BCUT2D eigenvalue weighted by atomic mass is 9.44. The molecule has 0 aliphatic heterocycles. The summed E-state index contributed by atoms with van der Waals surface area (Å²) < 4.78 is 5.04. The van der Waals surface area contributed by atoms with Gasteiger partial charge in [0.15, 0.2) is 0 Å². The number of hydrogen-bond acceptors (Lipinski definition) is 4. The number of rotatable bonds is 2. The maximum absolute atomic E-state index is 12.5. The molecule has 0 radical (unpaired) electrons. The molecule has 8 atom stereocenters. The van der Waals surface area contributed by atoms with E-state index >= 15 is 0 Å². The predicted molar refractivity (Wildman–Crippen MR) is 106 cm³/mol. The summed E-state index contributed by atoms with van der Waals surface area (Å²) in [7, 11) is 1.40. The lowest BCUT2D eigenvalue weighted by molar-refractivity contribution is -0.151. The van der Waals surface area contributed by atoms with Crippen LogP contribution in [0.4, 0.5) is 0 Å². The topological polar surface area (TPSA) is 95.3 Å². The second-order valence-corrected chi connectivity index (χ2v) is 10.1. The van der Waals surface area contributed by atoms with Gasteiger partial charge in [0.1, 0.15) is 5.92 Å². The number of hydrogen-bond donors (Lipinski definition) is 1. The second-order valence-electron chi connectivity index (χ2n) is 10.1. The molecule has 0 bridgehead atoms. The fraction of sp³-hybridized carbons (Fsp3) is 0.864. The van der Waals surface area contributed by atoms with E-state index in [2.05, 4.69) is 36.9 Å². The van der Waals surface area contributed by atoms with Crippen LogP contribution in [0, 0.1) is 34.5 Å². The Labute approximate surface area is 167 Å². The second kappa shape index (κ2) is 6.50. The van der Waals surface area contributed by atoms with Crippen molar-refractivity contribution >= 4 is 5.97 Å². The quantitative estimate of drug-likeness (QED) is 0.243. The SMILES string of the molecule is COC(=O)C1C2=CC[C@@H]3[C@H](CC[C@]4(C)[C@@H](C)CC[C@]34N=[N+]=[N-])[C@@]2(C)CC[C@@H]1O. The first-order valence-corrected chi connectivity index (χ1v) is 10.8. The average Bonchev–Trinajstić information content (AvgIpc) is 2.94. The van der Waals surface area contributed by atoms with Crippen molar-refractivity contribution < 1.29 is 14.6 Å². The van der Waals surface area contributed by atoms with Crippen LogP contribution in [0.3, 0.4) is 0 Å². The van der Waals surface area contributed by atoms with Crippen molar-refractivity contribution in [2.75, 3.05) is 7.11 Å². The first-order chi connectivity index (χ1) is 13.2. The van der Waals surface area contributed by atoms with Crippen LogP contribution < -0.4 is 0 Å². The molecular weight excluding hydrogens is 354 g/mol. The van der Waals surface area contributed by atoms with E-state index in [1.54, 1.807) is 0 Å². The van der Waals surface area contributed by atoms with Crippen molar-refractivity contribution in [3.63, 3.8) is 0 Å². The van der Waals surface area contributed by atoms with Crippen molar-refractivity contribution in [1.29, 1.82) is 0 Å². The van der Waals surface area contributed by atoms with Gasteiger partial charge in [-0.2, -0.15) is 0 Å². The van der Waals surface area contributed by atoms with E-state index in [0.717, 1.165) is 44.1 Å². The smallest absolute Gasteiger partial charge is 0.315 e. The summed E-state index contributed by atoms with van der Waals surface area (Å²) >= 11 is 0. The predicted octanol–water partition coefficient (Wildman–Crippen LogP) is 4.78. The molecule has 0 saturated heterocycles. The molecule has 0 spiro atoms. The lowest BCUT2D eigenvalue weighted by Crippen LogP contribution is -2.60. The first-order valence-electron chi connectivity index (χ1n) is 10.8. The molecule has 4 aliphatic rings. The number of aliphatic hydroxyl groups is 1. The Morgan fingerprint density at radius 1 is 1.25 bits per heavy atom. The molecule has 1 unspecified atom stereocenters. The summed E-state index contributed by atoms with van der Waals surface area (Å²) in [4.78, 5) is 15.8. The molecule has 3 saturated carbocycles. The van der Waals surface area contributed by atoms with Crippen LogP contribution in [0.25, 0.3) is 10.4 Å². The van der Waals surface area contributed by atoms with Crippen LogP contribution >= 0.6 is 0 Å². The molecule has 4 aliphatic carbocycles. The number of esters is 1. The summed E-state index contributed by atoms with van der Waals surface area (Å²) in [6.45, 7) is 6.91. The maximum Gasteiger partial charge on any atom is 0.315 e.